The van der Waals surface area contributed by atoms with Gasteiger partial charge in [0.25, 0.3) is 0 Å². The summed E-state index contributed by atoms with van der Waals surface area (Å²) in [6, 6.07) is 95.1. The van der Waals surface area contributed by atoms with Crippen molar-refractivity contribution in [3.63, 3.8) is 0 Å². The molecule has 0 saturated heterocycles. The monoisotopic (exact) mass is 1300 g/mol. The van der Waals surface area contributed by atoms with Crippen LogP contribution in [0.4, 0.5) is 0 Å². The number of hydrogen-bond donors (Lipinski definition) is 0. The zero-order valence-corrected chi connectivity index (χ0v) is 59.5. The SMILES string of the molecule is CCc1c2c3cccc4c(-c5ccc6c7c(cccc57)-c5c-6c(-c6ccc(C)cc6C)c6ccccc6c5-c5ccc(C)cc5C)ccc(c2c(CC)c2c5ccc(-c6ccc7c8c(cccc68)-c6c-7c(-c7ccc(C)cc7C)c7ccccc7c6-c6ccc(C)cc6C)c6cccc(c12)c65)c43. The molecular formula is C102H74. The molecular weight excluding hydrogens is 1230 g/mol. The first-order valence-corrected chi connectivity index (χ1v) is 36.8. The van der Waals surface area contributed by atoms with Gasteiger partial charge in [-0.15, -0.1) is 0 Å². The molecule has 0 atom stereocenters. The summed E-state index contributed by atoms with van der Waals surface area (Å²) in [5.74, 6) is 0. The van der Waals surface area contributed by atoms with Gasteiger partial charge in [0, 0.05) is 0 Å². The summed E-state index contributed by atoms with van der Waals surface area (Å²) >= 11 is 0. The van der Waals surface area contributed by atoms with Crippen molar-refractivity contribution in [1.82, 2.24) is 0 Å². The fourth-order valence-electron chi connectivity index (χ4n) is 20.4. The molecule has 19 aromatic rings. The van der Waals surface area contributed by atoms with Crippen molar-refractivity contribution in [1.29, 1.82) is 0 Å². The largest absolute Gasteiger partial charge is 0.0616 e. The van der Waals surface area contributed by atoms with Crippen molar-refractivity contribution >= 4 is 108 Å². The second-order valence-corrected chi connectivity index (χ2v) is 30.1. The second-order valence-electron chi connectivity index (χ2n) is 30.1. The Morgan fingerprint density at radius 1 is 0.167 bits per heavy atom. The number of rotatable bonds is 8. The van der Waals surface area contributed by atoms with E-state index in [-0.39, 0.29) is 0 Å². The van der Waals surface area contributed by atoms with Crippen molar-refractivity contribution in [2.75, 3.05) is 0 Å². The Labute approximate surface area is 595 Å². The van der Waals surface area contributed by atoms with Crippen molar-refractivity contribution in [3.05, 3.63) is 298 Å². The molecule has 0 aliphatic heterocycles. The van der Waals surface area contributed by atoms with Gasteiger partial charge < -0.3 is 0 Å². The fraction of sp³-hybridized carbons (Fsp3) is 0.118. The highest BCUT2D eigenvalue weighted by atomic mass is 14.4. The molecule has 0 nitrogen and oxygen atoms in total. The predicted octanol–water partition coefficient (Wildman–Crippen LogP) is 29.0. The van der Waals surface area contributed by atoms with Gasteiger partial charge in [-0.05, 0) is 321 Å². The maximum absolute atomic E-state index is 2.51. The van der Waals surface area contributed by atoms with Crippen LogP contribution in [-0.4, -0.2) is 0 Å². The number of fused-ring (bicyclic) bond motifs is 14. The Hall–Kier alpha value is -11.7. The minimum atomic E-state index is 0.917. The van der Waals surface area contributed by atoms with Gasteiger partial charge in [0.1, 0.15) is 0 Å². The molecule has 0 heteroatoms. The molecule has 0 bridgehead atoms. The normalized spacial score (nSPS) is 12.5. The Morgan fingerprint density at radius 3 is 0.686 bits per heavy atom. The van der Waals surface area contributed by atoms with Crippen LogP contribution in [0.3, 0.4) is 0 Å². The van der Waals surface area contributed by atoms with E-state index in [0.717, 1.165) is 12.8 Å². The van der Waals surface area contributed by atoms with Crippen LogP contribution >= 0.6 is 0 Å². The molecule has 0 fully saturated rings. The lowest BCUT2D eigenvalue weighted by Gasteiger charge is -2.22. The van der Waals surface area contributed by atoms with Crippen molar-refractivity contribution < 1.29 is 0 Å². The number of hydrogen-bond acceptors (Lipinski definition) is 0. The Kier molecular flexibility index (Phi) is 12.4. The van der Waals surface area contributed by atoms with Gasteiger partial charge in [0.2, 0.25) is 0 Å². The maximum atomic E-state index is 2.51. The van der Waals surface area contributed by atoms with Crippen molar-refractivity contribution in [2.45, 2.75) is 82.1 Å². The zero-order valence-electron chi connectivity index (χ0n) is 59.5. The third-order valence-corrected chi connectivity index (χ3v) is 24.3. The van der Waals surface area contributed by atoms with E-state index < -0.39 is 0 Å². The van der Waals surface area contributed by atoms with E-state index in [0.29, 0.717) is 0 Å². The molecule has 0 unspecified atom stereocenters. The fourth-order valence-corrected chi connectivity index (χ4v) is 20.4. The van der Waals surface area contributed by atoms with Crippen LogP contribution in [-0.2, 0) is 12.8 Å². The molecule has 0 radical (unpaired) electrons. The van der Waals surface area contributed by atoms with E-state index in [4.69, 9.17) is 0 Å². The summed E-state index contributed by atoms with van der Waals surface area (Å²) in [6.07, 6.45) is 1.83. The number of aryl methyl sites for hydroxylation is 10. The molecule has 21 rings (SSSR count). The lowest BCUT2D eigenvalue weighted by atomic mass is 9.80. The van der Waals surface area contributed by atoms with E-state index >= 15 is 0 Å². The maximum Gasteiger partial charge on any atom is -0.000731 e. The zero-order chi connectivity index (χ0) is 68.6. The average Bonchev–Trinajstić information content (AvgIpc) is 1.54. The van der Waals surface area contributed by atoms with Crippen LogP contribution < -0.4 is 0 Å². The van der Waals surface area contributed by atoms with E-state index in [9.17, 15) is 0 Å². The summed E-state index contributed by atoms with van der Waals surface area (Å²) in [5.41, 5.74) is 39.5. The summed E-state index contributed by atoms with van der Waals surface area (Å²) in [5, 5.41) is 27.0. The molecule has 0 N–H and O–H groups in total. The van der Waals surface area contributed by atoms with Gasteiger partial charge in [-0.3, -0.25) is 0 Å². The van der Waals surface area contributed by atoms with Crippen molar-refractivity contribution in [3.8, 4) is 111 Å². The third kappa shape index (κ3) is 7.77. The smallest absolute Gasteiger partial charge is 0.000731 e. The topological polar surface area (TPSA) is 0 Å². The first-order chi connectivity index (χ1) is 49.9. The van der Waals surface area contributed by atoms with Gasteiger partial charge in [-0.1, -0.05) is 279 Å². The quantitative estimate of drug-likeness (QED) is 0.142. The van der Waals surface area contributed by atoms with E-state index in [1.807, 2.05) is 0 Å². The molecule has 2 aliphatic rings. The molecule has 0 spiro atoms. The highest BCUT2D eigenvalue weighted by molar-refractivity contribution is 6.42. The highest BCUT2D eigenvalue weighted by Gasteiger charge is 2.36. The number of benzene rings is 17. The standard InChI is InChI=1S/C102H74/c1-11-61-91-79-29-17-25-71-67(69-43-47-85-89-73(69)27-19-31-81(89)99-95(63-37-33-53(3)49-57(63)7)75-21-13-15-23-77(75)97(101(85)99)65-39-35-55(5)51-59(65)9)41-45-83(87(71)79)93(91)62(12-2)94-84-46-42-68(72-26-18-30-80(88(72)84)92(61)94)70-44-48-86-90-74(70)28-20-32-82(90)100-96(64-38-34-54(4)50-58(64)8)76-22-14-16-24-78(76)98(102(86)100)66-40-36-56(6)52-60(66)10/h13-52H,11-12H2,1-10H3. The van der Waals surface area contributed by atoms with Gasteiger partial charge >= 0.3 is 0 Å². The Balaban J connectivity index is 0.767. The lowest BCUT2D eigenvalue weighted by Crippen LogP contribution is -1.96. The molecule has 0 heterocycles. The summed E-state index contributed by atoms with van der Waals surface area (Å²) in [7, 11) is 0. The van der Waals surface area contributed by atoms with E-state index in [1.165, 1.54) is 275 Å². The van der Waals surface area contributed by atoms with Crippen LogP contribution in [0.2, 0.25) is 0 Å². The summed E-state index contributed by atoms with van der Waals surface area (Å²) in [6.45, 7) is 22.8. The summed E-state index contributed by atoms with van der Waals surface area (Å²) < 4.78 is 0. The molecule has 0 amide bonds. The Morgan fingerprint density at radius 2 is 0.392 bits per heavy atom. The molecule has 2 aliphatic carbocycles. The van der Waals surface area contributed by atoms with Gasteiger partial charge in [0.15, 0.2) is 0 Å². The van der Waals surface area contributed by atoms with Gasteiger partial charge in [-0.2, -0.15) is 0 Å². The first kappa shape index (κ1) is 59.2. The Bertz CT molecular complexity index is 6330. The van der Waals surface area contributed by atoms with Crippen LogP contribution in [0.25, 0.3) is 219 Å². The van der Waals surface area contributed by atoms with Crippen LogP contribution in [0.5, 0.6) is 0 Å². The van der Waals surface area contributed by atoms with Gasteiger partial charge in [-0.25, -0.2) is 0 Å². The molecule has 0 aromatic heterocycles. The molecule has 19 aromatic carbocycles. The van der Waals surface area contributed by atoms with Crippen molar-refractivity contribution in [2.24, 2.45) is 0 Å². The average molecular weight is 1300 g/mol. The predicted molar refractivity (Wildman–Crippen MR) is 442 cm³/mol. The second kappa shape index (κ2) is 21.4. The third-order valence-electron chi connectivity index (χ3n) is 24.3. The van der Waals surface area contributed by atoms with Crippen LogP contribution in [0, 0.1) is 55.4 Å². The minimum Gasteiger partial charge on any atom is -0.0616 e. The minimum absolute atomic E-state index is 0.917. The molecule has 482 valence electrons. The van der Waals surface area contributed by atoms with E-state index in [1.54, 1.807) is 0 Å². The van der Waals surface area contributed by atoms with Gasteiger partial charge in [0.05, 0.1) is 0 Å². The lowest BCUT2D eigenvalue weighted by molar-refractivity contribution is 1.16. The summed E-state index contributed by atoms with van der Waals surface area (Å²) in [4.78, 5) is 0. The molecule has 102 heavy (non-hydrogen) atoms. The first-order valence-electron chi connectivity index (χ1n) is 36.8. The van der Waals surface area contributed by atoms with E-state index in [2.05, 4.69) is 312 Å². The highest BCUT2D eigenvalue weighted by Crippen LogP contribution is 2.63. The van der Waals surface area contributed by atoms with Crippen LogP contribution in [0.15, 0.2) is 243 Å². The van der Waals surface area contributed by atoms with Crippen LogP contribution in [0.1, 0.15) is 69.5 Å². The molecule has 0 saturated carbocycles.